The molecule has 0 saturated carbocycles. The zero-order valence-corrected chi connectivity index (χ0v) is 13.2. The van der Waals surface area contributed by atoms with Crippen molar-refractivity contribution in [2.75, 3.05) is 13.2 Å². The van der Waals surface area contributed by atoms with E-state index >= 15 is 0 Å². The third-order valence-corrected chi connectivity index (χ3v) is 3.48. The van der Waals surface area contributed by atoms with Crippen LogP contribution in [0.2, 0.25) is 0 Å². The Kier molecular flexibility index (Phi) is 7.36. The molecule has 0 aliphatic heterocycles. The molecule has 0 aromatic heterocycles. The van der Waals surface area contributed by atoms with Crippen LogP contribution in [0.25, 0.3) is 0 Å². The molecule has 0 amide bonds. The lowest BCUT2D eigenvalue weighted by Gasteiger charge is -2.14. The van der Waals surface area contributed by atoms with Gasteiger partial charge in [0.25, 0.3) is 0 Å². The maximum Gasteiger partial charge on any atom is 0.123 e. The summed E-state index contributed by atoms with van der Waals surface area (Å²) in [5.41, 5.74) is 1.22. The Labute approximate surface area is 119 Å². The van der Waals surface area contributed by atoms with Crippen LogP contribution in [0.1, 0.15) is 39.2 Å². The molecular formula is C15H24BrNO. The van der Waals surface area contributed by atoms with Crippen molar-refractivity contribution in [3.8, 4) is 5.75 Å². The fourth-order valence-corrected chi connectivity index (χ4v) is 2.05. The highest BCUT2D eigenvalue weighted by atomic mass is 79.9. The standard InChI is InChI=1S/C15H24BrNO/c1-4-8-18-15-7-6-14(16)9-13(15)11-17-10-12(3)5-2/h6-7,9,12,17H,4-5,8,10-11H2,1-3H3. The molecule has 102 valence electrons. The lowest BCUT2D eigenvalue weighted by atomic mass is 10.1. The predicted octanol–water partition coefficient (Wildman–Crippen LogP) is 4.37. The fraction of sp³-hybridized carbons (Fsp3) is 0.600. The number of hydrogen-bond acceptors (Lipinski definition) is 2. The van der Waals surface area contributed by atoms with Crippen molar-refractivity contribution in [3.05, 3.63) is 28.2 Å². The summed E-state index contributed by atoms with van der Waals surface area (Å²) in [7, 11) is 0. The van der Waals surface area contributed by atoms with E-state index in [2.05, 4.69) is 48.1 Å². The lowest BCUT2D eigenvalue weighted by Crippen LogP contribution is -2.20. The van der Waals surface area contributed by atoms with Gasteiger partial charge in [0, 0.05) is 16.6 Å². The van der Waals surface area contributed by atoms with E-state index in [-0.39, 0.29) is 0 Å². The van der Waals surface area contributed by atoms with E-state index in [0.29, 0.717) is 0 Å². The number of rotatable bonds is 8. The molecule has 1 aromatic rings. The van der Waals surface area contributed by atoms with E-state index in [9.17, 15) is 0 Å². The SMILES string of the molecule is CCCOc1ccc(Br)cc1CNCC(C)CC. The van der Waals surface area contributed by atoms with E-state index in [1.807, 2.05) is 12.1 Å². The molecular weight excluding hydrogens is 290 g/mol. The molecule has 1 atom stereocenters. The summed E-state index contributed by atoms with van der Waals surface area (Å²) >= 11 is 3.52. The number of benzene rings is 1. The Morgan fingerprint density at radius 2 is 2.11 bits per heavy atom. The van der Waals surface area contributed by atoms with Gasteiger partial charge in [0.2, 0.25) is 0 Å². The van der Waals surface area contributed by atoms with Gasteiger partial charge in [-0.15, -0.1) is 0 Å². The van der Waals surface area contributed by atoms with Crippen molar-refractivity contribution < 1.29 is 4.74 Å². The topological polar surface area (TPSA) is 21.3 Å². The second-order valence-corrected chi connectivity index (χ2v) is 5.66. The average Bonchev–Trinajstić information content (AvgIpc) is 2.37. The molecule has 0 radical (unpaired) electrons. The minimum absolute atomic E-state index is 0.720. The van der Waals surface area contributed by atoms with E-state index < -0.39 is 0 Å². The summed E-state index contributed by atoms with van der Waals surface area (Å²) in [6, 6.07) is 6.21. The summed E-state index contributed by atoms with van der Waals surface area (Å²) in [6.45, 7) is 9.31. The molecule has 0 bridgehead atoms. The van der Waals surface area contributed by atoms with Crippen LogP contribution in [-0.4, -0.2) is 13.2 Å². The summed E-state index contributed by atoms with van der Waals surface area (Å²) in [6.07, 6.45) is 2.25. The quantitative estimate of drug-likeness (QED) is 0.769. The zero-order valence-electron chi connectivity index (χ0n) is 11.6. The Morgan fingerprint density at radius 3 is 2.78 bits per heavy atom. The first-order chi connectivity index (χ1) is 8.67. The van der Waals surface area contributed by atoms with E-state index in [0.717, 1.165) is 42.3 Å². The smallest absolute Gasteiger partial charge is 0.123 e. The van der Waals surface area contributed by atoms with Crippen LogP contribution in [0.4, 0.5) is 0 Å². The molecule has 0 fully saturated rings. The number of ether oxygens (including phenoxy) is 1. The van der Waals surface area contributed by atoms with Crippen LogP contribution in [0.15, 0.2) is 22.7 Å². The van der Waals surface area contributed by atoms with Crippen molar-refractivity contribution in [2.24, 2.45) is 5.92 Å². The van der Waals surface area contributed by atoms with Crippen molar-refractivity contribution >= 4 is 15.9 Å². The molecule has 1 N–H and O–H groups in total. The molecule has 0 spiro atoms. The molecule has 0 saturated heterocycles. The van der Waals surface area contributed by atoms with Gasteiger partial charge in [-0.1, -0.05) is 43.1 Å². The van der Waals surface area contributed by atoms with Crippen molar-refractivity contribution in [1.82, 2.24) is 5.32 Å². The van der Waals surface area contributed by atoms with Crippen LogP contribution in [0.3, 0.4) is 0 Å². The van der Waals surface area contributed by atoms with Crippen LogP contribution in [0, 0.1) is 5.92 Å². The van der Waals surface area contributed by atoms with Crippen LogP contribution >= 0.6 is 15.9 Å². The van der Waals surface area contributed by atoms with Crippen molar-refractivity contribution in [3.63, 3.8) is 0 Å². The monoisotopic (exact) mass is 313 g/mol. The molecule has 1 aromatic carbocycles. The third-order valence-electron chi connectivity index (χ3n) is 2.99. The lowest BCUT2D eigenvalue weighted by molar-refractivity contribution is 0.313. The van der Waals surface area contributed by atoms with Crippen molar-refractivity contribution in [1.29, 1.82) is 0 Å². The average molecular weight is 314 g/mol. The van der Waals surface area contributed by atoms with Gasteiger partial charge in [0.05, 0.1) is 6.61 Å². The Balaban J connectivity index is 2.58. The highest BCUT2D eigenvalue weighted by molar-refractivity contribution is 9.10. The zero-order chi connectivity index (χ0) is 13.4. The highest BCUT2D eigenvalue weighted by Gasteiger charge is 2.05. The normalized spacial score (nSPS) is 12.4. The molecule has 2 nitrogen and oxygen atoms in total. The summed E-state index contributed by atoms with van der Waals surface area (Å²) < 4.78 is 6.87. The summed E-state index contributed by atoms with van der Waals surface area (Å²) in [5.74, 6) is 1.72. The van der Waals surface area contributed by atoms with Gasteiger partial charge in [0.1, 0.15) is 5.75 Å². The first-order valence-corrected chi connectivity index (χ1v) is 7.58. The van der Waals surface area contributed by atoms with Gasteiger partial charge in [-0.2, -0.15) is 0 Å². The third kappa shape index (κ3) is 5.40. The van der Waals surface area contributed by atoms with Gasteiger partial charge in [-0.25, -0.2) is 0 Å². The Hall–Kier alpha value is -0.540. The second-order valence-electron chi connectivity index (χ2n) is 4.74. The number of nitrogens with one attached hydrogen (secondary N) is 1. The molecule has 1 rings (SSSR count). The summed E-state index contributed by atoms with van der Waals surface area (Å²) in [4.78, 5) is 0. The minimum Gasteiger partial charge on any atom is -0.493 e. The largest absolute Gasteiger partial charge is 0.493 e. The maximum atomic E-state index is 5.76. The predicted molar refractivity (Wildman–Crippen MR) is 81.1 cm³/mol. The Bertz CT molecular complexity index is 354. The molecule has 0 aliphatic rings. The fourth-order valence-electron chi connectivity index (χ4n) is 1.64. The van der Waals surface area contributed by atoms with Crippen LogP contribution in [0.5, 0.6) is 5.75 Å². The van der Waals surface area contributed by atoms with Gasteiger partial charge >= 0.3 is 0 Å². The maximum absolute atomic E-state index is 5.76. The molecule has 1 unspecified atom stereocenters. The number of halogens is 1. The van der Waals surface area contributed by atoms with Crippen molar-refractivity contribution in [2.45, 2.75) is 40.2 Å². The molecule has 0 aliphatic carbocycles. The van der Waals surface area contributed by atoms with E-state index in [4.69, 9.17) is 4.74 Å². The van der Waals surface area contributed by atoms with Gasteiger partial charge in [-0.05, 0) is 37.1 Å². The number of hydrogen-bond donors (Lipinski definition) is 1. The van der Waals surface area contributed by atoms with E-state index in [1.165, 1.54) is 12.0 Å². The highest BCUT2D eigenvalue weighted by Crippen LogP contribution is 2.23. The van der Waals surface area contributed by atoms with Crippen LogP contribution in [-0.2, 0) is 6.54 Å². The summed E-state index contributed by atoms with van der Waals surface area (Å²) in [5, 5.41) is 3.50. The molecule has 18 heavy (non-hydrogen) atoms. The molecule has 0 heterocycles. The van der Waals surface area contributed by atoms with Gasteiger partial charge < -0.3 is 10.1 Å². The van der Waals surface area contributed by atoms with E-state index in [1.54, 1.807) is 0 Å². The first kappa shape index (κ1) is 15.5. The minimum atomic E-state index is 0.720. The first-order valence-electron chi connectivity index (χ1n) is 6.79. The Morgan fingerprint density at radius 1 is 1.33 bits per heavy atom. The van der Waals surface area contributed by atoms with Gasteiger partial charge in [0.15, 0.2) is 0 Å². The second kappa shape index (κ2) is 8.54. The molecule has 3 heteroatoms. The van der Waals surface area contributed by atoms with Crippen LogP contribution < -0.4 is 10.1 Å². The van der Waals surface area contributed by atoms with Gasteiger partial charge in [-0.3, -0.25) is 0 Å².